The summed E-state index contributed by atoms with van der Waals surface area (Å²) in [6.45, 7) is 5.32. The predicted molar refractivity (Wildman–Crippen MR) is 96.3 cm³/mol. The van der Waals surface area contributed by atoms with E-state index in [-0.39, 0.29) is 17.7 Å². The second-order valence-corrected chi connectivity index (χ2v) is 8.54. The highest BCUT2D eigenvalue weighted by Gasteiger charge is 2.24. The molecule has 6 heteroatoms. The van der Waals surface area contributed by atoms with Crippen LogP contribution in [-0.4, -0.2) is 37.8 Å². The zero-order chi connectivity index (χ0) is 17.6. The van der Waals surface area contributed by atoms with Gasteiger partial charge in [0.25, 0.3) is 5.91 Å². The van der Waals surface area contributed by atoms with E-state index in [1.54, 1.807) is 28.6 Å². The van der Waals surface area contributed by atoms with Crippen LogP contribution in [0, 0.1) is 0 Å². The Balaban J connectivity index is 1.97. The van der Waals surface area contributed by atoms with E-state index in [4.69, 9.17) is 0 Å². The first-order valence-electron chi connectivity index (χ1n) is 8.80. The van der Waals surface area contributed by atoms with Crippen molar-refractivity contribution in [1.82, 2.24) is 9.62 Å². The molecule has 1 N–H and O–H groups in total. The summed E-state index contributed by atoms with van der Waals surface area (Å²) in [6.07, 6.45) is 4.95. The highest BCUT2D eigenvalue weighted by atomic mass is 32.2. The Labute approximate surface area is 145 Å². The third-order valence-electron chi connectivity index (χ3n) is 4.37. The second-order valence-electron chi connectivity index (χ2n) is 6.58. The lowest BCUT2D eigenvalue weighted by atomic mass is 10.1. The molecule has 1 aliphatic heterocycles. The summed E-state index contributed by atoms with van der Waals surface area (Å²) in [4.78, 5) is 12.1. The normalized spacial score (nSPS) is 17.4. The SMILES string of the molecule is CCC[C@H](C)NC(=O)c1ccc(CS(=O)(=O)N2CCCCC2)cc1. The Morgan fingerprint density at radius 2 is 1.79 bits per heavy atom. The van der Waals surface area contributed by atoms with Crippen LogP contribution >= 0.6 is 0 Å². The molecule has 1 atom stereocenters. The summed E-state index contributed by atoms with van der Waals surface area (Å²) < 4.78 is 26.5. The van der Waals surface area contributed by atoms with Gasteiger partial charge in [-0.25, -0.2) is 12.7 Å². The molecule has 0 saturated carbocycles. The van der Waals surface area contributed by atoms with Gasteiger partial charge in [0.2, 0.25) is 10.0 Å². The van der Waals surface area contributed by atoms with Gasteiger partial charge in [0.05, 0.1) is 5.75 Å². The molecule has 0 aromatic heterocycles. The molecule has 2 rings (SSSR count). The van der Waals surface area contributed by atoms with Gasteiger partial charge >= 0.3 is 0 Å². The van der Waals surface area contributed by atoms with Crippen LogP contribution in [0.15, 0.2) is 24.3 Å². The number of carbonyl (C=O) groups excluding carboxylic acids is 1. The maximum atomic E-state index is 12.4. The number of carbonyl (C=O) groups is 1. The van der Waals surface area contributed by atoms with E-state index in [0.29, 0.717) is 18.7 Å². The van der Waals surface area contributed by atoms with Crippen molar-refractivity contribution in [1.29, 1.82) is 0 Å². The van der Waals surface area contributed by atoms with E-state index in [1.807, 2.05) is 6.92 Å². The van der Waals surface area contributed by atoms with Gasteiger partial charge < -0.3 is 5.32 Å². The number of nitrogens with one attached hydrogen (secondary N) is 1. The summed E-state index contributed by atoms with van der Waals surface area (Å²) in [6, 6.07) is 7.02. The molecule has 0 unspecified atom stereocenters. The summed E-state index contributed by atoms with van der Waals surface area (Å²) in [5.41, 5.74) is 1.29. The summed E-state index contributed by atoms with van der Waals surface area (Å²) in [5.74, 6) is -0.109. The van der Waals surface area contributed by atoms with E-state index in [9.17, 15) is 13.2 Å². The number of nitrogens with zero attached hydrogens (tertiary/aromatic N) is 1. The van der Waals surface area contributed by atoms with Gasteiger partial charge in [0, 0.05) is 24.7 Å². The molecule has 1 fully saturated rings. The lowest BCUT2D eigenvalue weighted by Gasteiger charge is -2.25. The molecule has 1 aliphatic rings. The average molecular weight is 353 g/mol. The molecule has 1 amide bonds. The Morgan fingerprint density at radius 3 is 2.38 bits per heavy atom. The maximum absolute atomic E-state index is 12.4. The highest BCUT2D eigenvalue weighted by molar-refractivity contribution is 7.88. The van der Waals surface area contributed by atoms with Crippen molar-refractivity contribution in [3.63, 3.8) is 0 Å². The molecular weight excluding hydrogens is 324 g/mol. The van der Waals surface area contributed by atoms with E-state index in [0.717, 1.165) is 37.7 Å². The van der Waals surface area contributed by atoms with Crippen molar-refractivity contribution in [2.45, 2.75) is 57.7 Å². The van der Waals surface area contributed by atoms with Crippen molar-refractivity contribution in [2.24, 2.45) is 0 Å². The van der Waals surface area contributed by atoms with Crippen LogP contribution in [0.3, 0.4) is 0 Å². The molecule has 5 nitrogen and oxygen atoms in total. The van der Waals surface area contributed by atoms with Gasteiger partial charge in [0.15, 0.2) is 0 Å². The second kappa shape index (κ2) is 8.62. The first-order valence-corrected chi connectivity index (χ1v) is 10.4. The van der Waals surface area contributed by atoms with Crippen LogP contribution in [0.2, 0.25) is 0 Å². The molecule has 1 heterocycles. The minimum atomic E-state index is -3.26. The minimum absolute atomic E-state index is 0.00113. The Bertz CT molecular complexity index is 635. The first kappa shape index (κ1) is 18.9. The van der Waals surface area contributed by atoms with Crippen LogP contribution in [-0.2, 0) is 15.8 Å². The van der Waals surface area contributed by atoms with Gasteiger partial charge in [0.1, 0.15) is 0 Å². The summed E-state index contributed by atoms with van der Waals surface area (Å²) in [5, 5.41) is 2.95. The monoisotopic (exact) mass is 352 g/mol. The molecule has 0 radical (unpaired) electrons. The topological polar surface area (TPSA) is 66.5 Å². The number of sulfonamides is 1. The molecule has 1 aromatic carbocycles. The third kappa shape index (κ3) is 5.31. The van der Waals surface area contributed by atoms with E-state index < -0.39 is 10.0 Å². The van der Waals surface area contributed by atoms with Crippen molar-refractivity contribution >= 4 is 15.9 Å². The number of benzene rings is 1. The van der Waals surface area contributed by atoms with Gasteiger partial charge in [-0.2, -0.15) is 0 Å². The lowest BCUT2D eigenvalue weighted by molar-refractivity contribution is 0.0938. The largest absolute Gasteiger partial charge is 0.350 e. The van der Waals surface area contributed by atoms with Gasteiger partial charge in [-0.1, -0.05) is 31.9 Å². The van der Waals surface area contributed by atoms with Crippen molar-refractivity contribution in [3.05, 3.63) is 35.4 Å². The third-order valence-corrected chi connectivity index (χ3v) is 6.22. The predicted octanol–water partition coefficient (Wildman–Crippen LogP) is 2.92. The van der Waals surface area contributed by atoms with E-state index in [2.05, 4.69) is 12.2 Å². The average Bonchev–Trinajstić information content (AvgIpc) is 2.56. The van der Waals surface area contributed by atoms with Crippen molar-refractivity contribution in [2.75, 3.05) is 13.1 Å². The van der Waals surface area contributed by atoms with Gasteiger partial charge in [-0.15, -0.1) is 0 Å². The number of rotatable bonds is 7. The number of hydrogen-bond acceptors (Lipinski definition) is 3. The lowest BCUT2D eigenvalue weighted by Crippen LogP contribution is -2.36. The molecule has 0 aliphatic carbocycles. The standard InChI is InChI=1S/C18H28N2O3S/c1-3-7-15(2)19-18(21)17-10-8-16(9-11-17)14-24(22,23)20-12-5-4-6-13-20/h8-11,15H,3-7,12-14H2,1-2H3,(H,19,21)/t15-/m0/s1. The smallest absolute Gasteiger partial charge is 0.251 e. The summed E-state index contributed by atoms with van der Waals surface area (Å²) >= 11 is 0. The highest BCUT2D eigenvalue weighted by Crippen LogP contribution is 2.17. The fourth-order valence-electron chi connectivity index (χ4n) is 3.01. The Morgan fingerprint density at radius 1 is 1.17 bits per heavy atom. The Kier molecular flexibility index (Phi) is 6.80. The zero-order valence-electron chi connectivity index (χ0n) is 14.6. The molecule has 1 saturated heterocycles. The number of hydrogen-bond donors (Lipinski definition) is 1. The van der Waals surface area contributed by atoms with E-state index in [1.165, 1.54) is 0 Å². The van der Waals surface area contributed by atoms with Crippen LogP contribution in [0.25, 0.3) is 0 Å². The van der Waals surface area contributed by atoms with Crippen LogP contribution in [0.1, 0.15) is 61.9 Å². The molecule has 24 heavy (non-hydrogen) atoms. The van der Waals surface area contributed by atoms with Crippen LogP contribution in [0.5, 0.6) is 0 Å². The molecule has 0 spiro atoms. The van der Waals surface area contributed by atoms with Crippen molar-refractivity contribution < 1.29 is 13.2 Å². The first-order chi connectivity index (χ1) is 11.4. The van der Waals surface area contributed by atoms with Gasteiger partial charge in [-0.3, -0.25) is 4.79 Å². The fraction of sp³-hybridized carbons (Fsp3) is 0.611. The minimum Gasteiger partial charge on any atom is -0.350 e. The summed E-state index contributed by atoms with van der Waals surface area (Å²) in [7, 11) is -3.26. The molecular formula is C18H28N2O3S. The van der Waals surface area contributed by atoms with Crippen LogP contribution < -0.4 is 5.32 Å². The zero-order valence-corrected chi connectivity index (χ0v) is 15.4. The van der Waals surface area contributed by atoms with Crippen molar-refractivity contribution in [3.8, 4) is 0 Å². The van der Waals surface area contributed by atoms with Crippen LogP contribution in [0.4, 0.5) is 0 Å². The Hall–Kier alpha value is -1.40. The molecule has 134 valence electrons. The quantitative estimate of drug-likeness (QED) is 0.820. The van der Waals surface area contributed by atoms with E-state index >= 15 is 0 Å². The fourth-order valence-corrected chi connectivity index (χ4v) is 4.62. The molecule has 0 bridgehead atoms. The van der Waals surface area contributed by atoms with Gasteiger partial charge in [-0.05, 0) is 43.9 Å². The maximum Gasteiger partial charge on any atom is 0.251 e. The number of piperidine rings is 1. The molecule has 1 aromatic rings. The number of amides is 1.